The number of nitrogens with one attached hydrogen (secondary N) is 3. The van der Waals surface area contributed by atoms with Gasteiger partial charge < -0.3 is 20.7 Å². The highest BCUT2D eigenvalue weighted by atomic mass is 16.5. The van der Waals surface area contributed by atoms with Crippen molar-refractivity contribution in [3.8, 4) is 0 Å². The molecule has 0 aromatic heterocycles. The maximum atomic E-state index is 12.0. The lowest BCUT2D eigenvalue weighted by atomic mass is 10.2. The lowest BCUT2D eigenvalue weighted by Gasteiger charge is -2.09. The zero-order valence-electron chi connectivity index (χ0n) is 12.8. The standard InChI is InChI=1S/C17H19N3O3/c1-23-11-10-18-16(21)13-6-5-9-15(12-13)20-17(22)19-14-7-3-2-4-8-14/h2-9,12H,10-11H2,1H3,(H,18,21)(H2,19,20,22). The Labute approximate surface area is 134 Å². The number of hydrogen-bond acceptors (Lipinski definition) is 3. The molecule has 120 valence electrons. The number of hydrogen-bond donors (Lipinski definition) is 3. The van der Waals surface area contributed by atoms with Gasteiger partial charge in [-0.2, -0.15) is 0 Å². The number of amides is 3. The molecule has 0 aliphatic heterocycles. The van der Waals surface area contributed by atoms with Crippen LogP contribution in [0.3, 0.4) is 0 Å². The Morgan fingerprint density at radius 1 is 0.957 bits per heavy atom. The van der Waals surface area contributed by atoms with Crippen LogP contribution in [0.5, 0.6) is 0 Å². The molecule has 0 saturated carbocycles. The molecule has 3 N–H and O–H groups in total. The van der Waals surface area contributed by atoms with Crippen molar-refractivity contribution in [2.75, 3.05) is 30.9 Å². The monoisotopic (exact) mass is 313 g/mol. The van der Waals surface area contributed by atoms with Crippen molar-refractivity contribution in [3.63, 3.8) is 0 Å². The topological polar surface area (TPSA) is 79.5 Å². The fraction of sp³-hybridized carbons (Fsp3) is 0.176. The molecule has 0 heterocycles. The van der Waals surface area contributed by atoms with Gasteiger partial charge >= 0.3 is 6.03 Å². The van der Waals surface area contributed by atoms with E-state index in [9.17, 15) is 9.59 Å². The van der Waals surface area contributed by atoms with E-state index in [1.807, 2.05) is 18.2 Å². The molecule has 0 spiro atoms. The van der Waals surface area contributed by atoms with Crippen LogP contribution in [0.1, 0.15) is 10.4 Å². The normalized spacial score (nSPS) is 9.96. The molecule has 0 radical (unpaired) electrons. The second kappa shape index (κ2) is 8.55. The van der Waals surface area contributed by atoms with Crippen molar-refractivity contribution in [1.29, 1.82) is 0 Å². The lowest BCUT2D eigenvalue weighted by molar-refractivity contribution is 0.0937. The van der Waals surface area contributed by atoms with E-state index in [1.54, 1.807) is 43.5 Å². The minimum absolute atomic E-state index is 0.214. The molecule has 0 aliphatic carbocycles. The third kappa shape index (κ3) is 5.44. The number of benzene rings is 2. The average Bonchev–Trinajstić information content (AvgIpc) is 2.56. The maximum Gasteiger partial charge on any atom is 0.323 e. The summed E-state index contributed by atoms with van der Waals surface area (Å²) < 4.78 is 4.88. The molecule has 3 amide bonds. The molecule has 0 fully saturated rings. The Morgan fingerprint density at radius 2 is 1.65 bits per heavy atom. The van der Waals surface area contributed by atoms with Gasteiger partial charge in [0.25, 0.3) is 5.91 Å². The summed E-state index contributed by atoms with van der Waals surface area (Å²) in [5, 5.41) is 8.14. The van der Waals surface area contributed by atoms with Gasteiger partial charge in [-0.25, -0.2) is 4.79 Å². The third-order valence-electron chi connectivity index (χ3n) is 3.01. The molecule has 6 heteroatoms. The van der Waals surface area contributed by atoms with Crippen molar-refractivity contribution in [3.05, 3.63) is 60.2 Å². The maximum absolute atomic E-state index is 12.0. The van der Waals surface area contributed by atoms with Crippen molar-refractivity contribution in [1.82, 2.24) is 5.32 Å². The van der Waals surface area contributed by atoms with Gasteiger partial charge in [0.15, 0.2) is 0 Å². The third-order valence-corrected chi connectivity index (χ3v) is 3.01. The van der Waals surface area contributed by atoms with Crippen LogP contribution in [0.2, 0.25) is 0 Å². The number of ether oxygens (including phenoxy) is 1. The predicted molar refractivity (Wildman–Crippen MR) is 89.7 cm³/mol. The van der Waals surface area contributed by atoms with Crippen LogP contribution in [0.15, 0.2) is 54.6 Å². The number of anilines is 2. The van der Waals surface area contributed by atoms with Crippen molar-refractivity contribution < 1.29 is 14.3 Å². The summed E-state index contributed by atoms with van der Waals surface area (Å²) in [7, 11) is 1.57. The predicted octanol–water partition coefficient (Wildman–Crippen LogP) is 2.71. The SMILES string of the molecule is COCCNC(=O)c1cccc(NC(=O)Nc2ccccc2)c1. The van der Waals surface area contributed by atoms with E-state index in [1.165, 1.54) is 0 Å². The molecule has 0 aliphatic rings. The second-order valence-electron chi connectivity index (χ2n) is 4.77. The molecule has 6 nitrogen and oxygen atoms in total. The summed E-state index contributed by atoms with van der Waals surface area (Å²) in [5.41, 5.74) is 1.70. The average molecular weight is 313 g/mol. The van der Waals surface area contributed by atoms with Gasteiger partial charge in [-0.05, 0) is 30.3 Å². The van der Waals surface area contributed by atoms with Gasteiger partial charge in [-0.1, -0.05) is 24.3 Å². The summed E-state index contributed by atoms with van der Waals surface area (Å²) in [6, 6.07) is 15.5. The molecular weight excluding hydrogens is 294 g/mol. The number of rotatable bonds is 6. The lowest BCUT2D eigenvalue weighted by Crippen LogP contribution is -2.27. The molecule has 2 rings (SSSR count). The largest absolute Gasteiger partial charge is 0.383 e. The van der Waals surface area contributed by atoms with E-state index in [4.69, 9.17) is 4.74 Å². The summed E-state index contributed by atoms with van der Waals surface area (Å²) in [4.78, 5) is 23.9. The molecule has 0 unspecified atom stereocenters. The van der Waals surface area contributed by atoms with Gasteiger partial charge in [0.05, 0.1) is 6.61 Å². The van der Waals surface area contributed by atoms with Crippen LogP contribution in [-0.4, -0.2) is 32.2 Å². The smallest absolute Gasteiger partial charge is 0.323 e. The van der Waals surface area contributed by atoms with Gasteiger partial charge in [-0.3, -0.25) is 4.79 Å². The quantitative estimate of drug-likeness (QED) is 0.717. The van der Waals surface area contributed by atoms with Crippen LogP contribution in [0.4, 0.5) is 16.2 Å². The summed E-state index contributed by atoms with van der Waals surface area (Å²) >= 11 is 0. The van der Waals surface area contributed by atoms with E-state index in [0.717, 1.165) is 0 Å². The second-order valence-corrected chi connectivity index (χ2v) is 4.77. The Bertz CT molecular complexity index is 659. The fourth-order valence-electron chi connectivity index (χ4n) is 1.92. The minimum Gasteiger partial charge on any atom is -0.383 e. The van der Waals surface area contributed by atoms with Gasteiger partial charge in [-0.15, -0.1) is 0 Å². The highest BCUT2D eigenvalue weighted by molar-refractivity contribution is 6.01. The van der Waals surface area contributed by atoms with Gasteiger partial charge in [0, 0.05) is 30.6 Å². The van der Waals surface area contributed by atoms with Crippen LogP contribution in [0, 0.1) is 0 Å². The highest BCUT2D eigenvalue weighted by Crippen LogP contribution is 2.12. The minimum atomic E-state index is -0.367. The van der Waals surface area contributed by atoms with E-state index < -0.39 is 0 Å². The molecule has 2 aromatic rings. The molecule has 0 bridgehead atoms. The summed E-state index contributed by atoms with van der Waals surface area (Å²) in [6.07, 6.45) is 0. The Morgan fingerprint density at radius 3 is 2.39 bits per heavy atom. The van der Waals surface area contributed by atoms with Crippen molar-refractivity contribution in [2.24, 2.45) is 0 Å². The Balaban J connectivity index is 1.94. The number of para-hydroxylation sites is 1. The van der Waals surface area contributed by atoms with Crippen LogP contribution in [0.25, 0.3) is 0 Å². The molecule has 2 aromatic carbocycles. The van der Waals surface area contributed by atoms with E-state index in [0.29, 0.717) is 30.1 Å². The van der Waals surface area contributed by atoms with Crippen LogP contribution in [-0.2, 0) is 4.74 Å². The molecule has 0 saturated heterocycles. The summed E-state index contributed by atoms with van der Waals surface area (Å²) in [6.45, 7) is 0.880. The van der Waals surface area contributed by atoms with Gasteiger partial charge in [0.2, 0.25) is 0 Å². The first-order chi connectivity index (χ1) is 11.2. The molecule has 0 atom stereocenters. The number of methoxy groups -OCH3 is 1. The number of urea groups is 1. The zero-order valence-corrected chi connectivity index (χ0v) is 12.8. The zero-order chi connectivity index (χ0) is 16.5. The first-order valence-corrected chi connectivity index (χ1v) is 7.19. The Hall–Kier alpha value is -2.86. The first-order valence-electron chi connectivity index (χ1n) is 7.19. The van der Waals surface area contributed by atoms with Crippen LogP contribution >= 0.6 is 0 Å². The Kier molecular flexibility index (Phi) is 6.14. The van der Waals surface area contributed by atoms with Gasteiger partial charge in [0.1, 0.15) is 0 Å². The summed E-state index contributed by atoms with van der Waals surface area (Å²) in [5.74, 6) is -0.214. The number of carbonyl (C=O) groups excluding carboxylic acids is 2. The molecular formula is C17H19N3O3. The van der Waals surface area contributed by atoms with E-state index >= 15 is 0 Å². The van der Waals surface area contributed by atoms with E-state index in [2.05, 4.69) is 16.0 Å². The van der Waals surface area contributed by atoms with E-state index in [-0.39, 0.29) is 11.9 Å². The fourth-order valence-corrected chi connectivity index (χ4v) is 1.92. The van der Waals surface area contributed by atoms with Crippen molar-refractivity contribution in [2.45, 2.75) is 0 Å². The van der Waals surface area contributed by atoms with Crippen LogP contribution < -0.4 is 16.0 Å². The van der Waals surface area contributed by atoms with Crippen molar-refractivity contribution >= 4 is 23.3 Å². The number of carbonyl (C=O) groups is 2. The molecule has 23 heavy (non-hydrogen) atoms. The first kappa shape index (κ1) is 16.5. The highest BCUT2D eigenvalue weighted by Gasteiger charge is 2.07.